The molecule has 0 saturated carbocycles. The van der Waals surface area contributed by atoms with Crippen molar-refractivity contribution in [3.05, 3.63) is 84.4 Å². The molecule has 1 aliphatic heterocycles. The van der Waals surface area contributed by atoms with Gasteiger partial charge < -0.3 is 0 Å². The van der Waals surface area contributed by atoms with Gasteiger partial charge in [-0.25, -0.2) is 0 Å². The number of hydroxylamine groups is 2. The van der Waals surface area contributed by atoms with Crippen molar-refractivity contribution in [2.24, 2.45) is 0 Å². The number of hydrogen-bond donors (Lipinski definition) is 0. The number of rotatable bonds is 4. The van der Waals surface area contributed by atoms with Crippen molar-refractivity contribution in [1.29, 1.82) is 0 Å². The van der Waals surface area contributed by atoms with Gasteiger partial charge in [0.25, 0.3) is 0 Å². The Morgan fingerprint density at radius 2 is 1.55 bits per heavy atom. The first-order valence-electron chi connectivity index (χ1n) is 6.95. The molecule has 0 atom stereocenters. The molecule has 2 heteroatoms. The van der Waals surface area contributed by atoms with Crippen LogP contribution in [0.5, 0.6) is 0 Å². The van der Waals surface area contributed by atoms with E-state index in [1.54, 1.807) is 0 Å². The molecule has 2 nitrogen and oxygen atoms in total. The van der Waals surface area contributed by atoms with Crippen LogP contribution in [0.15, 0.2) is 73.3 Å². The molecule has 3 rings (SSSR count). The molecule has 0 bridgehead atoms. The lowest BCUT2D eigenvalue weighted by Crippen LogP contribution is -2.34. The van der Waals surface area contributed by atoms with Gasteiger partial charge >= 0.3 is 0 Å². The molecular formula is C18H19NO. The van der Waals surface area contributed by atoms with Gasteiger partial charge in [0.05, 0.1) is 12.0 Å². The smallest absolute Gasteiger partial charge is 0.0835 e. The normalized spacial score (nSPS) is 18.0. The molecule has 0 radical (unpaired) electrons. The van der Waals surface area contributed by atoms with Gasteiger partial charge in [-0.05, 0) is 11.1 Å². The molecule has 0 amide bonds. The second-order valence-corrected chi connectivity index (χ2v) is 5.20. The van der Waals surface area contributed by atoms with Gasteiger partial charge in [0, 0.05) is 13.1 Å². The van der Waals surface area contributed by atoms with E-state index in [4.69, 9.17) is 4.84 Å². The van der Waals surface area contributed by atoms with Crippen LogP contribution in [0.4, 0.5) is 0 Å². The minimum Gasteiger partial charge on any atom is -0.297 e. The van der Waals surface area contributed by atoms with Crippen LogP contribution in [0.3, 0.4) is 0 Å². The summed E-state index contributed by atoms with van der Waals surface area (Å²) in [6, 6.07) is 21.2. The van der Waals surface area contributed by atoms with Crippen LogP contribution in [0.2, 0.25) is 0 Å². The zero-order chi connectivity index (χ0) is 13.8. The van der Waals surface area contributed by atoms with Crippen molar-refractivity contribution in [1.82, 2.24) is 5.06 Å². The average molecular weight is 265 g/mol. The van der Waals surface area contributed by atoms with E-state index in [0.29, 0.717) is 6.61 Å². The van der Waals surface area contributed by atoms with Crippen LogP contribution in [-0.4, -0.2) is 24.8 Å². The molecule has 1 heterocycles. The first-order chi connectivity index (χ1) is 9.85. The Labute approximate surface area is 120 Å². The molecular weight excluding hydrogens is 246 g/mol. The van der Waals surface area contributed by atoms with Crippen LogP contribution < -0.4 is 0 Å². The topological polar surface area (TPSA) is 12.5 Å². The van der Waals surface area contributed by atoms with Crippen molar-refractivity contribution < 1.29 is 4.84 Å². The SMILES string of the molecule is C=CCN1CC(c2ccccc2)(c2ccccc2)CO1. The third kappa shape index (κ3) is 2.28. The standard InChI is InChI=1S/C18H19NO/c1-2-13-19-14-18(15-20-19,16-9-5-3-6-10-16)17-11-7-4-8-12-17/h2-12H,1,13-15H2. The molecule has 1 saturated heterocycles. The Bertz CT molecular complexity index is 525. The second-order valence-electron chi connectivity index (χ2n) is 5.20. The van der Waals surface area contributed by atoms with Gasteiger partial charge in [0.1, 0.15) is 0 Å². The maximum absolute atomic E-state index is 5.88. The summed E-state index contributed by atoms with van der Waals surface area (Å²) in [7, 11) is 0. The van der Waals surface area contributed by atoms with Gasteiger partial charge in [-0.2, -0.15) is 5.06 Å². The summed E-state index contributed by atoms with van der Waals surface area (Å²) in [5.74, 6) is 0. The first-order valence-corrected chi connectivity index (χ1v) is 6.95. The third-order valence-electron chi connectivity index (χ3n) is 3.93. The molecule has 2 aromatic rings. The maximum atomic E-state index is 5.88. The highest BCUT2D eigenvalue weighted by molar-refractivity contribution is 5.40. The molecule has 1 aliphatic rings. The highest BCUT2D eigenvalue weighted by atomic mass is 16.7. The molecule has 0 N–H and O–H groups in total. The van der Waals surface area contributed by atoms with Gasteiger partial charge in [-0.1, -0.05) is 66.7 Å². The summed E-state index contributed by atoms with van der Waals surface area (Å²) in [5.41, 5.74) is 2.52. The van der Waals surface area contributed by atoms with Crippen molar-refractivity contribution >= 4 is 0 Å². The van der Waals surface area contributed by atoms with Crippen molar-refractivity contribution in [3.8, 4) is 0 Å². The second kappa shape index (κ2) is 5.61. The molecule has 20 heavy (non-hydrogen) atoms. The number of hydrogen-bond acceptors (Lipinski definition) is 2. The molecule has 0 aromatic heterocycles. The fourth-order valence-corrected chi connectivity index (χ4v) is 2.89. The summed E-state index contributed by atoms with van der Waals surface area (Å²) >= 11 is 0. The summed E-state index contributed by atoms with van der Waals surface area (Å²) in [6.45, 7) is 6.08. The highest BCUT2D eigenvalue weighted by Gasteiger charge is 2.42. The quantitative estimate of drug-likeness (QED) is 0.786. The predicted octanol–water partition coefficient (Wildman–Crippen LogP) is 3.41. The molecule has 0 spiro atoms. The summed E-state index contributed by atoms with van der Waals surface area (Å²) in [4.78, 5) is 5.88. The van der Waals surface area contributed by atoms with Crippen molar-refractivity contribution in [2.75, 3.05) is 19.7 Å². The van der Waals surface area contributed by atoms with E-state index < -0.39 is 0 Å². The van der Waals surface area contributed by atoms with Crippen LogP contribution in [0.25, 0.3) is 0 Å². The van der Waals surface area contributed by atoms with Gasteiger partial charge in [-0.3, -0.25) is 4.84 Å². The summed E-state index contributed by atoms with van der Waals surface area (Å²) in [5, 5.41) is 1.99. The van der Waals surface area contributed by atoms with E-state index in [0.717, 1.165) is 13.1 Å². The van der Waals surface area contributed by atoms with Crippen LogP contribution in [-0.2, 0) is 10.3 Å². The zero-order valence-corrected chi connectivity index (χ0v) is 11.5. The largest absolute Gasteiger partial charge is 0.297 e. The minimum atomic E-state index is -0.0917. The van der Waals surface area contributed by atoms with E-state index in [-0.39, 0.29) is 5.41 Å². The Balaban J connectivity index is 2.03. The van der Waals surface area contributed by atoms with Crippen LogP contribution in [0.1, 0.15) is 11.1 Å². The van der Waals surface area contributed by atoms with E-state index in [9.17, 15) is 0 Å². The lowest BCUT2D eigenvalue weighted by Gasteiger charge is -2.28. The molecule has 2 aromatic carbocycles. The monoisotopic (exact) mass is 265 g/mol. The minimum absolute atomic E-state index is 0.0917. The fourth-order valence-electron chi connectivity index (χ4n) is 2.89. The zero-order valence-electron chi connectivity index (χ0n) is 11.5. The van der Waals surface area contributed by atoms with Crippen molar-refractivity contribution in [3.63, 3.8) is 0 Å². The van der Waals surface area contributed by atoms with Crippen LogP contribution in [0, 0.1) is 0 Å². The first kappa shape index (κ1) is 13.1. The lowest BCUT2D eigenvalue weighted by molar-refractivity contribution is -0.100. The summed E-state index contributed by atoms with van der Waals surface area (Å²) in [6.07, 6.45) is 1.88. The number of benzene rings is 2. The van der Waals surface area contributed by atoms with Gasteiger partial charge in [-0.15, -0.1) is 6.58 Å². The van der Waals surface area contributed by atoms with Gasteiger partial charge in [0.2, 0.25) is 0 Å². The van der Waals surface area contributed by atoms with Crippen LogP contribution >= 0.6 is 0 Å². The Kier molecular flexibility index (Phi) is 3.68. The van der Waals surface area contributed by atoms with E-state index in [1.165, 1.54) is 11.1 Å². The average Bonchev–Trinajstić information content (AvgIpc) is 2.95. The maximum Gasteiger partial charge on any atom is 0.0835 e. The fraction of sp³-hybridized carbons (Fsp3) is 0.222. The predicted molar refractivity (Wildman–Crippen MR) is 81.4 cm³/mol. The lowest BCUT2D eigenvalue weighted by atomic mass is 9.75. The van der Waals surface area contributed by atoms with Crippen molar-refractivity contribution in [2.45, 2.75) is 5.41 Å². The third-order valence-corrected chi connectivity index (χ3v) is 3.93. The Morgan fingerprint density at radius 3 is 2.05 bits per heavy atom. The summed E-state index contributed by atoms with van der Waals surface area (Å²) < 4.78 is 0. The molecule has 0 unspecified atom stereocenters. The van der Waals surface area contributed by atoms with E-state index in [2.05, 4.69) is 67.2 Å². The number of nitrogens with zero attached hydrogens (tertiary/aromatic N) is 1. The van der Waals surface area contributed by atoms with E-state index in [1.807, 2.05) is 11.1 Å². The molecule has 102 valence electrons. The highest BCUT2D eigenvalue weighted by Crippen LogP contribution is 2.37. The Hall–Kier alpha value is -1.90. The Morgan fingerprint density at radius 1 is 1.00 bits per heavy atom. The van der Waals surface area contributed by atoms with E-state index >= 15 is 0 Å². The molecule has 0 aliphatic carbocycles. The molecule has 1 fully saturated rings. The van der Waals surface area contributed by atoms with Gasteiger partial charge in [0.15, 0.2) is 0 Å².